The van der Waals surface area contributed by atoms with Gasteiger partial charge in [0.05, 0.1) is 26.2 Å². The van der Waals surface area contributed by atoms with Crippen molar-refractivity contribution < 1.29 is 18.7 Å². The molecular weight excluding hydrogens is 425 g/mol. The van der Waals surface area contributed by atoms with Gasteiger partial charge in [-0.1, -0.05) is 23.9 Å². The summed E-state index contributed by atoms with van der Waals surface area (Å²) in [5.41, 5.74) is 3.91. The Bertz CT molecular complexity index is 1070. The molecule has 0 fully saturated rings. The van der Waals surface area contributed by atoms with E-state index in [9.17, 15) is 9.18 Å². The largest absolute Gasteiger partial charge is 0.493 e. The molecule has 0 aliphatic carbocycles. The van der Waals surface area contributed by atoms with Crippen molar-refractivity contribution in [3.05, 3.63) is 53.8 Å². The molecule has 1 aromatic heterocycles. The number of hydrogen-bond acceptors (Lipinski definition) is 9. The Kier molecular flexibility index (Phi) is 7.27. The Morgan fingerprint density at radius 2 is 1.94 bits per heavy atom. The van der Waals surface area contributed by atoms with Crippen molar-refractivity contribution in [1.29, 1.82) is 0 Å². The number of aromatic nitrogens is 3. The van der Waals surface area contributed by atoms with Gasteiger partial charge in [0.2, 0.25) is 11.1 Å². The number of anilines is 2. The summed E-state index contributed by atoms with van der Waals surface area (Å²) in [4.78, 5) is 12.2. The van der Waals surface area contributed by atoms with E-state index in [1.807, 2.05) is 0 Å². The Hall–Kier alpha value is -3.80. The average molecular weight is 445 g/mol. The number of amides is 1. The number of nitrogen functional groups attached to an aromatic ring is 1. The van der Waals surface area contributed by atoms with Gasteiger partial charge >= 0.3 is 0 Å². The fraction of sp³-hybridized carbons (Fsp3) is 0.158. The lowest BCUT2D eigenvalue weighted by Crippen LogP contribution is -2.17. The highest BCUT2D eigenvalue weighted by Crippen LogP contribution is 2.29. The fourth-order valence-electron chi connectivity index (χ4n) is 2.41. The number of benzene rings is 2. The van der Waals surface area contributed by atoms with Crippen molar-refractivity contribution in [3.8, 4) is 11.5 Å². The van der Waals surface area contributed by atoms with Crippen molar-refractivity contribution in [2.45, 2.75) is 5.16 Å². The molecule has 31 heavy (non-hydrogen) atoms. The third kappa shape index (κ3) is 5.85. The van der Waals surface area contributed by atoms with E-state index in [1.54, 1.807) is 30.3 Å². The van der Waals surface area contributed by atoms with Crippen LogP contribution >= 0.6 is 11.8 Å². The molecule has 4 N–H and O–H groups in total. The lowest BCUT2D eigenvalue weighted by Gasteiger charge is -2.10. The molecule has 0 aliphatic heterocycles. The van der Waals surface area contributed by atoms with Gasteiger partial charge in [0, 0.05) is 11.8 Å². The maximum atomic E-state index is 12.9. The smallest absolute Gasteiger partial charge is 0.264 e. The monoisotopic (exact) mass is 445 g/mol. The molecule has 1 amide bonds. The van der Waals surface area contributed by atoms with E-state index in [0.29, 0.717) is 27.9 Å². The summed E-state index contributed by atoms with van der Waals surface area (Å²) in [6.07, 6.45) is 1.48. The summed E-state index contributed by atoms with van der Waals surface area (Å²) >= 11 is 1.11. The number of halogens is 1. The second kappa shape index (κ2) is 10.3. The van der Waals surface area contributed by atoms with Crippen LogP contribution in [0.25, 0.3) is 0 Å². The van der Waals surface area contributed by atoms with Crippen molar-refractivity contribution in [2.24, 2.45) is 5.10 Å². The summed E-state index contributed by atoms with van der Waals surface area (Å²) in [7, 11) is 3.05. The Balaban J connectivity index is 1.53. The second-order valence-corrected chi connectivity index (χ2v) is 6.95. The van der Waals surface area contributed by atoms with E-state index < -0.39 is 0 Å². The van der Waals surface area contributed by atoms with Crippen molar-refractivity contribution in [2.75, 3.05) is 36.6 Å². The van der Waals surface area contributed by atoms with Gasteiger partial charge in [-0.15, -0.1) is 10.2 Å². The second-order valence-electron chi connectivity index (χ2n) is 6.00. The predicted molar refractivity (Wildman–Crippen MR) is 117 cm³/mol. The van der Waals surface area contributed by atoms with Gasteiger partial charge < -0.3 is 20.6 Å². The fourth-order valence-corrected chi connectivity index (χ4v) is 3.06. The van der Waals surface area contributed by atoms with Crippen LogP contribution in [-0.4, -0.2) is 47.0 Å². The number of nitrogens with zero attached hydrogens (tertiary/aromatic N) is 4. The summed E-state index contributed by atoms with van der Waals surface area (Å²) in [5.74, 6) is 6.65. The predicted octanol–water partition coefficient (Wildman–Crippen LogP) is 2.33. The summed E-state index contributed by atoms with van der Waals surface area (Å²) in [5, 5.41) is 14.9. The molecule has 0 radical (unpaired) electrons. The first-order chi connectivity index (χ1) is 15.0. The molecule has 10 nitrogen and oxygen atoms in total. The Morgan fingerprint density at radius 3 is 2.65 bits per heavy atom. The van der Waals surface area contributed by atoms with Crippen LogP contribution in [0.1, 0.15) is 5.56 Å². The number of nitrogens with one attached hydrogen (secondary N) is 2. The number of carbonyl (C=O) groups excluding carboxylic acids is 1. The number of carbonyl (C=O) groups is 1. The van der Waals surface area contributed by atoms with E-state index >= 15 is 0 Å². The quantitative estimate of drug-likeness (QED) is 0.198. The molecule has 3 rings (SSSR count). The first-order valence-electron chi connectivity index (χ1n) is 8.90. The highest BCUT2D eigenvalue weighted by molar-refractivity contribution is 7.99. The van der Waals surface area contributed by atoms with E-state index in [4.69, 9.17) is 15.3 Å². The maximum absolute atomic E-state index is 12.9. The average Bonchev–Trinajstić information content (AvgIpc) is 3.13. The van der Waals surface area contributed by atoms with Crippen molar-refractivity contribution >= 4 is 35.5 Å². The minimum absolute atomic E-state index is 0.0581. The molecule has 0 spiro atoms. The molecule has 162 valence electrons. The first kappa shape index (κ1) is 21.9. The molecule has 0 bridgehead atoms. The molecule has 0 unspecified atom stereocenters. The first-order valence-corrected chi connectivity index (χ1v) is 9.88. The van der Waals surface area contributed by atoms with Crippen LogP contribution in [0.4, 0.5) is 16.0 Å². The molecule has 0 saturated carbocycles. The lowest BCUT2D eigenvalue weighted by atomic mass is 10.2. The number of hydrazone groups is 1. The van der Waals surface area contributed by atoms with Crippen LogP contribution in [0, 0.1) is 5.82 Å². The number of methoxy groups -OCH3 is 2. The zero-order valence-corrected chi connectivity index (χ0v) is 17.5. The van der Waals surface area contributed by atoms with Crippen molar-refractivity contribution in [3.63, 3.8) is 0 Å². The van der Waals surface area contributed by atoms with Crippen LogP contribution in [-0.2, 0) is 4.79 Å². The van der Waals surface area contributed by atoms with Crippen LogP contribution in [0.5, 0.6) is 11.5 Å². The molecule has 2 aromatic carbocycles. The summed E-state index contributed by atoms with van der Waals surface area (Å²) in [6, 6.07) is 10.9. The van der Waals surface area contributed by atoms with Crippen molar-refractivity contribution in [1.82, 2.24) is 14.9 Å². The topological polar surface area (TPSA) is 129 Å². The maximum Gasteiger partial charge on any atom is 0.264 e. The molecule has 1 heterocycles. The summed E-state index contributed by atoms with van der Waals surface area (Å²) in [6.45, 7) is 0. The van der Waals surface area contributed by atoms with Gasteiger partial charge in [-0.05, 0) is 29.8 Å². The van der Waals surface area contributed by atoms with E-state index in [2.05, 4.69) is 26.0 Å². The molecular formula is C19H20FN7O3S. The van der Waals surface area contributed by atoms with Crippen LogP contribution < -0.4 is 26.1 Å². The van der Waals surface area contributed by atoms with Gasteiger partial charge in [-0.2, -0.15) is 5.10 Å². The van der Waals surface area contributed by atoms with Crippen LogP contribution in [0.2, 0.25) is 0 Å². The van der Waals surface area contributed by atoms with Gasteiger partial charge in [0.25, 0.3) is 5.95 Å². The van der Waals surface area contributed by atoms with Gasteiger partial charge in [-0.25, -0.2) is 14.5 Å². The molecule has 3 aromatic rings. The highest BCUT2D eigenvalue weighted by atomic mass is 32.2. The van der Waals surface area contributed by atoms with Gasteiger partial charge in [-0.3, -0.25) is 4.79 Å². The molecule has 0 aliphatic rings. The van der Waals surface area contributed by atoms with E-state index in [0.717, 1.165) is 11.8 Å². The van der Waals surface area contributed by atoms with Gasteiger partial charge in [0.1, 0.15) is 5.82 Å². The van der Waals surface area contributed by atoms with E-state index in [1.165, 1.54) is 37.2 Å². The zero-order valence-electron chi connectivity index (χ0n) is 16.7. The lowest BCUT2D eigenvalue weighted by molar-refractivity contribution is -0.113. The standard InChI is InChI=1S/C19H20FN7O3S/c1-29-15-8-7-14(9-16(15)30-2)23-17(28)11-31-19-26-25-18(27(19)21)24-22-10-12-3-5-13(20)6-4-12/h3-10H,11,21H2,1-2H3,(H,23,28)(H,24,25)/b22-10+. The molecule has 12 heteroatoms. The Labute approximate surface area is 181 Å². The third-order valence-corrected chi connectivity index (χ3v) is 4.86. The number of nitrogens with two attached hydrogens (primary N) is 1. The Morgan fingerprint density at radius 1 is 1.19 bits per heavy atom. The number of thioether (sulfide) groups is 1. The van der Waals surface area contributed by atoms with Gasteiger partial charge in [0.15, 0.2) is 11.5 Å². The van der Waals surface area contributed by atoms with E-state index in [-0.39, 0.29) is 23.4 Å². The number of rotatable bonds is 9. The molecule has 0 saturated heterocycles. The van der Waals surface area contributed by atoms with Crippen LogP contribution in [0.3, 0.4) is 0 Å². The number of ether oxygens (including phenoxy) is 2. The van der Waals surface area contributed by atoms with Crippen LogP contribution in [0.15, 0.2) is 52.7 Å². The third-order valence-electron chi connectivity index (χ3n) is 3.91. The normalized spacial score (nSPS) is 10.8. The number of hydrogen-bond donors (Lipinski definition) is 3. The highest BCUT2D eigenvalue weighted by Gasteiger charge is 2.13. The zero-order chi connectivity index (χ0) is 22.2. The minimum Gasteiger partial charge on any atom is -0.493 e. The molecule has 0 atom stereocenters. The summed E-state index contributed by atoms with van der Waals surface area (Å²) < 4.78 is 24.5. The minimum atomic E-state index is -0.330. The SMILES string of the molecule is COc1ccc(NC(=O)CSc2nnc(N/N=C/c3ccc(F)cc3)n2N)cc1OC.